The minimum atomic E-state index is -2.03. The van der Waals surface area contributed by atoms with E-state index in [2.05, 4.69) is 9.78 Å². The fourth-order valence-corrected chi connectivity index (χ4v) is 1.85. The molecule has 0 rings (SSSR count). The summed E-state index contributed by atoms with van der Waals surface area (Å²) in [5.74, 6) is -4.05. The molecular weight excluding hydrogens is 344 g/mol. The van der Waals surface area contributed by atoms with E-state index >= 15 is 0 Å². The highest BCUT2D eigenvalue weighted by molar-refractivity contribution is 4.80. The zero-order valence-electron chi connectivity index (χ0n) is 18.3. The van der Waals surface area contributed by atoms with Gasteiger partial charge in [0.2, 0.25) is 0 Å². The second-order valence-corrected chi connectivity index (χ2v) is 10.4. The minimum absolute atomic E-state index is 0.755. The van der Waals surface area contributed by atoms with Crippen LogP contribution in [0.25, 0.3) is 0 Å². The Labute approximate surface area is 157 Å². The van der Waals surface area contributed by atoms with Crippen LogP contribution in [0.1, 0.15) is 83.1 Å². The molecule has 0 heterocycles. The standard InChI is InChI=1S/C18H38O8/c1-13(2,3)17(23-19,21-15(7,8)9)25-26-18(24-20,14(4,5)6)22-16(10,11)12/h19-20H,1-12H3. The van der Waals surface area contributed by atoms with Crippen molar-refractivity contribution in [2.24, 2.45) is 10.8 Å². The summed E-state index contributed by atoms with van der Waals surface area (Å²) in [5, 5.41) is 19.2. The van der Waals surface area contributed by atoms with Gasteiger partial charge in [0, 0.05) is 10.8 Å². The fourth-order valence-electron chi connectivity index (χ4n) is 1.85. The van der Waals surface area contributed by atoms with Gasteiger partial charge in [-0.05, 0) is 41.5 Å². The van der Waals surface area contributed by atoms with Crippen LogP contribution < -0.4 is 0 Å². The van der Waals surface area contributed by atoms with E-state index in [0.717, 1.165) is 0 Å². The third-order valence-electron chi connectivity index (χ3n) is 3.22. The van der Waals surface area contributed by atoms with Crippen LogP contribution in [0.15, 0.2) is 0 Å². The van der Waals surface area contributed by atoms with Crippen LogP contribution in [0.5, 0.6) is 0 Å². The van der Waals surface area contributed by atoms with E-state index in [4.69, 9.17) is 19.2 Å². The molecule has 0 spiro atoms. The average Bonchev–Trinajstić information content (AvgIpc) is 2.36. The predicted octanol–water partition coefficient (Wildman–Crippen LogP) is 4.94. The molecule has 0 aliphatic carbocycles. The molecule has 0 aromatic carbocycles. The molecule has 26 heavy (non-hydrogen) atoms. The Bertz CT molecular complexity index is 396. The molecule has 0 bridgehead atoms. The van der Waals surface area contributed by atoms with Crippen LogP contribution in [0.2, 0.25) is 0 Å². The van der Waals surface area contributed by atoms with Gasteiger partial charge in [-0.25, -0.2) is 10.5 Å². The summed E-state index contributed by atoms with van der Waals surface area (Å²) in [6.07, 6.45) is 0. The molecule has 158 valence electrons. The summed E-state index contributed by atoms with van der Waals surface area (Å²) < 4.78 is 11.6. The lowest BCUT2D eigenvalue weighted by molar-refractivity contribution is -0.679. The van der Waals surface area contributed by atoms with E-state index in [-0.39, 0.29) is 0 Å². The van der Waals surface area contributed by atoms with Gasteiger partial charge in [-0.3, -0.25) is 0 Å². The third-order valence-corrected chi connectivity index (χ3v) is 3.22. The summed E-state index contributed by atoms with van der Waals surface area (Å²) in [4.78, 5) is 20.1. The van der Waals surface area contributed by atoms with E-state index in [1.807, 2.05) is 0 Å². The highest BCUT2D eigenvalue weighted by Crippen LogP contribution is 2.44. The first-order valence-electron chi connectivity index (χ1n) is 8.66. The average molecular weight is 382 g/mol. The van der Waals surface area contributed by atoms with Gasteiger partial charge in [-0.2, -0.15) is 19.6 Å². The van der Waals surface area contributed by atoms with Crippen molar-refractivity contribution in [1.29, 1.82) is 0 Å². The van der Waals surface area contributed by atoms with E-state index in [1.54, 1.807) is 83.1 Å². The van der Waals surface area contributed by atoms with Crippen molar-refractivity contribution in [3.63, 3.8) is 0 Å². The van der Waals surface area contributed by atoms with Crippen molar-refractivity contribution < 1.29 is 39.5 Å². The van der Waals surface area contributed by atoms with E-state index < -0.39 is 34.0 Å². The fraction of sp³-hybridized carbons (Fsp3) is 1.00. The summed E-state index contributed by atoms with van der Waals surface area (Å²) in [6, 6.07) is 0. The SMILES string of the molecule is CC(C)(C)OC(OO)(OOC(OO)(OC(C)(C)C)C(C)(C)C)C(C)(C)C. The summed E-state index contributed by atoms with van der Waals surface area (Å²) in [5.41, 5.74) is -3.30. The first-order chi connectivity index (χ1) is 11.2. The van der Waals surface area contributed by atoms with Crippen LogP contribution in [-0.4, -0.2) is 33.7 Å². The van der Waals surface area contributed by atoms with Crippen LogP contribution in [-0.2, 0) is 29.0 Å². The Morgan fingerprint density at radius 2 is 0.692 bits per heavy atom. The van der Waals surface area contributed by atoms with Crippen LogP contribution in [0, 0.1) is 10.8 Å². The molecule has 8 nitrogen and oxygen atoms in total. The van der Waals surface area contributed by atoms with Crippen LogP contribution in [0.3, 0.4) is 0 Å². The van der Waals surface area contributed by atoms with Crippen molar-refractivity contribution in [3.05, 3.63) is 0 Å². The first-order valence-corrected chi connectivity index (χ1v) is 8.66. The molecule has 0 saturated carbocycles. The molecule has 0 saturated heterocycles. The van der Waals surface area contributed by atoms with Gasteiger partial charge in [0.05, 0.1) is 11.2 Å². The molecule has 0 aliphatic rings. The Hall–Kier alpha value is -0.320. The van der Waals surface area contributed by atoms with E-state index in [9.17, 15) is 10.5 Å². The normalized spacial score (nSPS) is 19.2. The van der Waals surface area contributed by atoms with Gasteiger partial charge in [0.15, 0.2) is 0 Å². The molecule has 0 aromatic heterocycles. The van der Waals surface area contributed by atoms with Gasteiger partial charge in [-0.1, -0.05) is 41.5 Å². The molecule has 2 atom stereocenters. The van der Waals surface area contributed by atoms with Gasteiger partial charge >= 0.3 is 11.9 Å². The Balaban J connectivity index is 5.95. The summed E-state index contributed by atoms with van der Waals surface area (Å²) >= 11 is 0. The molecule has 0 aromatic rings. The van der Waals surface area contributed by atoms with Gasteiger partial charge in [0.1, 0.15) is 0 Å². The molecule has 2 N–H and O–H groups in total. The lowest BCUT2D eigenvalue weighted by atomic mass is 9.92. The zero-order chi connectivity index (χ0) is 21.2. The molecular formula is C18H38O8. The quantitative estimate of drug-likeness (QED) is 0.363. The maximum absolute atomic E-state index is 9.61. The van der Waals surface area contributed by atoms with Gasteiger partial charge in [0.25, 0.3) is 0 Å². The topological polar surface area (TPSA) is 95.8 Å². The van der Waals surface area contributed by atoms with E-state index in [0.29, 0.717) is 0 Å². The predicted molar refractivity (Wildman–Crippen MR) is 95.6 cm³/mol. The maximum atomic E-state index is 9.61. The second kappa shape index (κ2) is 7.97. The number of hydrogen-bond donors (Lipinski definition) is 2. The van der Waals surface area contributed by atoms with Crippen molar-refractivity contribution in [2.75, 3.05) is 0 Å². The molecule has 2 unspecified atom stereocenters. The monoisotopic (exact) mass is 382 g/mol. The Morgan fingerprint density at radius 1 is 0.462 bits per heavy atom. The third kappa shape index (κ3) is 6.69. The maximum Gasteiger partial charge on any atom is 0.344 e. The lowest BCUT2D eigenvalue weighted by Crippen LogP contribution is -2.59. The van der Waals surface area contributed by atoms with Gasteiger partial charge < -0.3 is 9.47 Å². The Morgan fingerprint density at radius 3 is 0.808 bits per heavy atom. The minimum Gasteiger partial charge on any atom is -0.318 e. The number of rotatable bonds is 7. The molecule has 0 fully saturated rings. The van der Waals surface area contributed by atoms with Crippen LogP contribution in [0.4, 0.5) is 0 Å². The highest BCUT2D eigenvalue weighted by Gasteiger charge is 2.57. The highest BCUT2D eigenvalue weighted by atomic mass is 17.4. The number of hydrogen-bond acceptors (Lipinski definition) is 8. The summed E-state index contributed by atoms with van der Waals surface area (Å²) in [7, 11) is 0. The zero-order valence-corrected chi connectivity index (χ0v) is 18.3. The first kappa shape index (κ1) is 25.7. The van der Waals surface area contributed by atoms with Crippen molar-refractivity contribution in [2.45, 2.75) is 106 Å². The lowest BCUT2D eigenvalue weighted by Gasteiger charge is -2.47. The van der Waals surface area contributed by atoms with E-state index in [1.165, 1.54) is 0 Å². The largest absolute Gasteiger partial charge is 0.344 e. The second-order valence-electron chi connectivity index (χ2n) is 10.4. The van der Waals surface area contributed by atoms with Gasteiger partial charge in [-0.15, -0.1) is 0 Å². The van der Waals surface area contributed by atoms with Crippen LogP contribution >= 0.6 is 0 Å². The van der Waals surface area contributed by atoms with Crippen molar-refractivity contribution >= 4 is 0 Å². The number of ether oxygens (including phenoxy) is 2. The smallest absolute Gasteiger partial charge is 0.318 e. The molecule has 0 aliphatic heterocycles. The molecule has 8 heteroatoms. The molecule has 0 amide bonds. The Kier molecular flexibility index (Phi) is 7.87. The van der Waals surface area contributed by atoms with Crippen molar-refractivity contribution in [1.82, 2.24) is 0 Å². The van der Waals surface area contributed by atoms with Crippen molar-refractivity contribution in [3.8, 4) is 0 Å². The summed E-state index contributed by atoms with van der Waals surface area (Å²) in [6.45, 7) is 20.9. The molecule has 0 radical (unpaired) electrons.